The highest BCUT2D eigenvalue weighted by Gasteiger charge is 2.32. The van der Waals surface area contributed by atoms with E-state index in [4.69, 9.17) is 5.73 Å². The summed E-state index contributed by atoms with van der Waals surface area (Å²) >= 11 is 0. The molecule has 0 fully saturated rings. The molecule has 108 valence electrons. The van der Waals surface area contributed by atoms with Gasteiger partial charge in [0, 0.05) is 13.1 Å². The van der Waals surface area contributed by atoms with Gasteiger partial charge in [0.1, 0.15) is 0 Å². The van der Waals surface area contributed by atoms with Gasteiger partial charge in [-0.05, 0) is 30.5 Å². The first-order valence-corrected chi connectivity index (χ1v) is 6.14. The van der Waals surface area contributed by atoms with E-state index in [9.17, 15) is 13.2 Å². The third kappa shape index (κ3) is 3.55. The fourth-order valence-electron chi connectivity index (χ4n) is 1.84. The van der Waals surface area contributed by atoms with Gasteiger partial charge in [-0.3, -0.25) is 0 Å². The molecule has 1 aromatic rings. The summed E-state index contributed by atoms with van der Waals surface area (Å²) in [6, 6.07) is 3.63. The number of hydrogen-bond donors (Lipinski definition) is 1. The van der Waals surface area contributed by atoms with E-state index in [0.29, 0.717) is 5.69 Å². The Hall–Kier alpha value is -1.39. The Bertz CT molecular complexity index is 447. The van der Waals surface area contributed by atoms with E-state index in [-0.39, 0.29) is 17.1 Å². The van der Waals surface area contributed by atoms with Crippen LogP contribution in [0.1, 0.15) is 33.3 Å². The molecule has 0 saturated carbocycles. The zero-order valence-corrected chi connectivity index (χ0v) is 12.0. The SMILES string of the molecule is CC(N(C)c1ccc(C(F)(F)F)cc1N)C(C)(C)C. The maximum absolute atomic E-state index is 12.6. The van der Waals surface area contributed by atoms with Gasteiger partial charge in [-0.2, -0.15) is 13.2 Å². The van der Waals surface area contributed by atoms with Crippen molar-refractivity contribution in [2.75, 3.05) is 17.7 Å². The van der Waals surface area contributed by atoms with Gasteiger partial charge < -0.3 is 10.6 Å². The Morgan fingerprint density at radius 2 is 1.68 bits per heavy atom. The van der Waals surface area contributed by atoms with Crippen LogP contribution in [0.5, 0.6) is 0 Å². The largest absolute Gasteiger partial charge is 0.416 e. The predicted octanol–water partition coefficient (Wildman–Crippen LogP) is 4.16. The van der Waals surface area contributed by atoms with Crippen molar-refractivity contribution in [1.82, 2.24) is 0 Å². The number of nitrogens with two attached hydrogens (primary N) is 1. The van der Waals surface area contributed by atoms with E-state index in [2.05, 4.69) is 20.8 Å². The molecule has 0 radical (unpaired) electrons. The first-order chi connectivity index (χ1) is 8.44. The van der Waals surface area contributed by atoms with Crippen LogP contribution in [0.4, 0.5) is 24.5 Å². The highest BCUT2D eigenvalue weighted by Crippen LogP contribution is 2.36. The normalized spacial score (nSPS) is 14.3. The van der Waals surface area contributed by atoms with Gasteiger partial charge in [0.15, 0.2) is 0 Å². The molecule has 0 saturated heterocycles. The number of rotatable bonds is 2. The Labute approximate surface area is 112 Å². The van der Waals surface area contributed by atoms with Gasteiger partial charge in [0.2, 0.25) is 0 Å². The number of nitrogens with zero attached hydrogens (tertiary/aromatic N) is 1. The summed E-state index contributed by atoms with van der Waals surface area (Å²) in [7, 11) is 1.84. The summed E-state index contributed by atoms with van der Waals surface area (Å²) in [5, 5.41) is 0. The van der Waals surface area contributed by atoms with Crippen LogP contribution < -0.4 is 10.6 Å². The summed E-state index contributed by atoms with van der Waals surface area (Å²) in [4.78, 5) is 1.91. The van der Waals surface area contributed by atoms with E-state index >= 15 is 0 Å². The van der Waals surface area contributed by atoms with Crippen LogP contribution in [0.15, 0.2) is 18.2 Å². The minimum atomic E-state index is -4.36. The number of hydrogen-bond acceptors (Lipinski definition) is 2. The van der Waals surface area contributed by atoms with Gasteiger partial charge >= 0.3 is 6.18 Å². The zero-order valence-electron chi connectivity index (χ0n) is 12.0. The molecule has 0 aliphatic heterocycles. The lowest BCUT2D eigenvalue weighted by Crippen LogP contribution is -2.39. The lowest BCUT2D eigenvalue weighted by atomic mass is 9.87. The molecule has 2 N–H and O–H groups in total. The van der Waals surface area contributed by atoms with Crippen LogP contribution in [0.3, 0.4) is 0 Å². The van der Waals surface area contributed by atoms with Crippen LogP contribution in [-0.2, 0) is 6.18 Å². The second-order valence-corrected chi connectivity index (χ2v) is 5.92. The Morgan fingerprint density at radius 3 is 2.05 bits per heavy atom. The Morgan fingerprint density at radius 1 is 1.16 bits per heavy atom. The van der Waals surface area contributed by atoms with Crippen molar-refractivity contribution in [3.05, 3.63) is 23.8 Å². The second kappa shape index (κ2) is 4.94. The van der Waals surface area contributed by atoms with Crippen molar-refractivity contribution < 1.29 is 13.2 Å². The number of halogens is 3. The molecule has 0 aliphatic carbocycles. The minimum Gasteiger partial charge on any atom is -0.397 e. The highest BCUT2D eigenvalue weighted by molar-refractivity contribution is 5.68. The molecule has 0 heterocycles. The van der Waals surface area contributed by atoms with Crippen LogP contribution in [0.2, 0.25) is 0 Å². The summed E-state index contributed by atoms with van der Waals surface area (Å²) in [6.45, 7) is 8.26. The summed E-state index contributed by atoms with van der Waals surface area (Å²) < 4.78 is 37.7. The molecule has 0 aliphatic rings. The van der Waals surface area contributed by atoms with E-state index < -0.39 is 11.7 Å². The molecule has 19 heavy (non-hydrogen) atoms. The topological polar surface area (TPSA) is 29.3 Å². The van der Waals surface area contributed by atoms with Crippen LogP contribution in [-0.4, -0.2) is 13.1 Å². The summed E-state index contributed by atoms with van der Waals surface area (Å²) in [6.07, 6.45) is -4.36. The summed E-state index contributed by atoms with van der Waals surface area (Å²) in [5.41, 5.74) is 5.81. The van der Waals surface area contributed by atoms with Crippen molar-refractivity contribution in [1.29, 1.82) is 0 Å². The molecular formula is C14H21F3N2. The number of nitrogen functional groups attached to an aromatic ring is 1. The monoisotopic (exact) mass is 274 g/mol. The molecule has 0 amide bonds. The number of alkyl halides is 3. The average molecular weight is 274 g/mol. The molecule has 1 unspecified atom stereocenters. The van der Waals surface area contributed by atoms with Gasteiger partial charge in [-0.15, -0.1) is 0 Å². The predicted molar refractivity (Wildman–Crippen MR) is 73.2 cm³/mol. The number of anilines is 2. The van der Waals surface area contributed by atoms with E-state index in [0.717, 1.165) is 12.1 Å². The Balaban J connectivity index is 3.10. The highest BCUT2D eigenvalue weighted by atomic mass is 19.4. The van der Waals surface area contributed by atoms with E-state index in [1.54, 1.807) is 0 Å². The smallest absolute Gasteiger partial charge is 0.397 e. The molecule has 1 aromatic carbocycles. The van der Waals surface area contributed by atoms with Gasteiger partial charge in [0.25, 0.3) is 0 Å². The van der Waals surface area contributed by atoms with Crippen LogP contribution >= 0.6 is 0 Å². The molecule has 2 nitrogen and oxygen atoms in total. The van der Waals surface area contributed by atoms with Gasteiger partial charge in [0.05, 0.1) is 16.9 Å². The maximum atomic E-state index is 12.6. The summed E-state index contributed by atoms with van der Waals surface area (Å²) in [5.74, 6) is 0. The van der Waals surface area contributed by atoms with Crippen LogP contribution in [0.25, 0.3) is 0 Å². The first kappa shape index (κ1) is 15.7. The molecule has 5 heteroatoms. The van der Waals surface area contributed by atoms with Gasteiger partial charge in [-0.25, -0.2) is 0 Å². The van der Waals surface area contributed by atoms with Crippen LogP contribution in [0, 0.1) is 5.41 Å². The second-order valence-electron chi connectivity index (χ2n) is 5.92. The molecular weight excluding hydrogens is 253 g/mol. The maximum Gasteiger partial charge on any atom is 0.416 e. The quantitative estimate of drug-likeness (QED) is 0.820. The molecule has 1 rings (SSSR count). The third-order valence-electron chi connectivity index (χ3n) is 3.57. The third-order valence-corrected chi connectivity index (χ3v) is 3.57. The Kier molecular flexibility index (Phi) is 4.08. The average Bonchev–Trinajstić information content (AvgIpc) is 2.24. The molecule has 0 aromatic heterocycles. The standard InChI is InChI=1S/C14H21F3N2/c1-9(13(2,3)4)19(5)12-7-6-10(8-11(12)18)14(15,16)17/h6-9H,18H2,1-5H3. The lowest BCUT2D eigenvalue weighted by Gasteiger charge is -2.37. The molecule has 0 bridgehead atoms. The number of benzene rings is 1. The van der Waals surface area contributed by atoms with Crippen molar-refractivity contribution in [3.63, 3.8) is 0 Å². The van der Waals surface area contributed by atoms with E-state index in [1.165, 1.54) is 6.07 Å². The zero-order chi connectivity index (χ0) is 15.0. The van der Waals surface area contributed by atoms with Gasteiger partial charge in [-0.1, -0.05) is 20.8 Å². The van der Waals surface area contributed by atoms with Crippen molar-refractivity contribution >= 4 is 11.4 Å². The van der Waals surface area contributed by atoms with Crippen molar-refractivity contribution in [2.24, 2.45) is 5.41 Å². The minimum absolute atomic E-state index is 0.00386. The molecule has 1 atom stereocenters. The lowest BCUT2D eigenvalue weighted by molar-refractivity contribution is -0.137. The van der Waals surface area contributed by atoms with Crippen molar-refractivity contribution in [3.8, 4) is 0 Å². The molecule has 0 spiro atoms. The fourth-order valence-corrected chi connectivity index (χ4v) is 1.84. The van der Waals surface area contributed by atoms with E-state index in [1.807, 2.05) is 18.9 Å². The first-order valence-electron chi connectivity index (χ1n) is 6.14. The van der Waals surface area contributed by atoms with Crippen molar-refractivity contribution in [2.45, 2.75) is 39.9 Å². The fraction of sp³-hybridized carbons (Fsp3) is 0.571.